The van der Waals surface area contributed by atoms with Crippen LogP contribution in [0.15, 0.2) is 47.5 Å². The number of pyridine rings is 1. The third-order valence-corrected chi connectivity index (χ3v) is 8.53. The van der Waals surface area contributed by atoms with E-state index < -0.39 is 24.2 Å². The minimum absolute atomic E-state index is 0.00180. The Morgan fingerprint density at radius 2 is 1.89 bits per heavy atom. The fourth-order valence-electron chi connectivity index (χ4n) is 3.21. The minimum Gasteiger partial charge on any atom is -0.473 e. The van der Waals surface area contributed by atoms with Crippen molar-refractivity contribution < 1.29 is 27.7 Å². The average Bonchev–Trinajstić information content (AvgIpc) is 3.18. The molecule has 0 aliphatic rings. The van der Waals surface area contributed by atoms with Crippen LogP contribution >= 0.6 is 0 Å². The predicted molar refractivity (Wildman–Crippen MR) is 139 cm³/mol. The lowest BCUT2D eigenvalue weighted by atomic mass is 10.2. The molecule has 1 aromatic carbocycles. The van der Waals surface area contributed by atoms with E-state index in [1.54, 1.807) is 30.3 Å². The Balaban J connectivity index is 1.90. The number of aryl methyl sites for hydroxylation is 1. The molecule has 0 bridgehead atoms. The van der Waals surface area contributed by atoms with Crippen LogP contribution in [-0.4, -0.2) is 64.2 Å². The number of hydrogen-bond donors (Lipinski definition) is 2. The molecular formula is C24H35N3O6SSi. The highest BCUT2D eigenvalue weighted by Gasteiger charge is 2.20. The zero-order valence-electron chi connectivity index (χ0n) is 20.9. The van der Waals surface area contributed by atoms with Gasteiger partial charge in [0.15, 0.2) is 0 Å². The van der Waals surface area contributed by atoms with Gasteiger partial charge >= 0.3 is 0 Å². The Hall–Kier alpha value is -2.44. The Kier molecular flexibility index (Phi) is 8.94. The normalized spacial score (nSPS) is 13.2. The third-order valence-electron chi connectivity index (χ3n) is 5.45. The van der Waals surface area contributed by atoms with Crippen LogP contribution in [0, 0.1) is 6.92 Å². The lowest BCUT2D eigenvalue weighted by Gasteiger charge is -2.17. The first kappa shape index (κ1) is 27.1. The molecule has 1 atom stereocenters. The standard InChI is InChI=1S/C24H35N3O6SSi/c1-18-6-8-21(9-7-18)34(29,30)26-22-14-19-10-11-27(17-32-12-13-35(3,4)5)23(19)25-24(22)33-16-20(15-28)31-2/h6-11,14,20,26,28H,12-13,15-17H2,1-5H3. The summed E-state index contributed by atoms with van der Waals surface area (Å²) in [6.45, 7) is 9.52. The molecule has 0 amide bonds. The zero-order valence-corrected chi connectivity index (χ0v) is 22.8. The second kappa shape index (κ2) is 11.5. The van der Waals surface area contributed by atoms with E-state index in [-0.39, 0.29) is 29.7 Å². The van der Waals surface area contributed by atoms with Crippen LogP contribution in [0.5, 0.6) is 5.88 Å². The van der Waals surface area contributed by atoms with Crippen molar-refractivity contribution in [3.63, 3.8) is 0 Å². The number of aliphatic hydroxyl groups is 1. The van der Waals surface area contributed by atoms with Crippen molar-refractivity contribution in [2.45, 2.75) is 50.3 Å². The molecule has 9 nitrogen and oxygen atoms in total. The van der Waals surface area contributed by atoms with Crippen LogP contribution in [0.1, 0.15) is 5.56 Å². The Labute approximate surface area is 208 Å². The number of benzene rings is 1. The topological polar surface area (TPSA) is 112 Å². The molecule has 0 spiro atoms. The van der Waals surface area contributed by atoms with Crippen molar-refractivity contribution in [3.8, 4) is 5.88 Å². The monoisotopic (exact) mass is 521 g/mol. The number of aliphatic hydroxyl groups excluding tert-OH is 1. The molecular weight excluding hydrogens is 486 g/mol. The molecule has 35 heavy (non-hydrogen) atoms. The number of sulfonamides is 1. The predicted octanol–water partition coefficient (Wildman–Crippen LogP) is 3.84. The van der Waals surface area contributed by atoms with E-state index in [9.17, 15) is 13.5 Å². The van der Waals surface area contributed by atoms with Gasteiger partial charge in [0, 0.05) is 33.4 Å². The Morgan fingerprint density at radius 1 is 1.17 bits per heavy atom. The highest BCUT2D eigenvalue weighted by Crippen LogP contribution is 2.30. The first-order valence-corrected chi connectivity index (χ1v) is 16.6. The van der Waals surface area contributed by atoms with Crippen molar-refractivity contribution >= 4 is 34.8 Å². The minimum atomic E-state index is -3.87. The Morgan fingerprint density at radius 3 is 2.51 bits per heavy atom. The van der Waals surface area contributed by atoms with Crippen molar-refractivity contribution in [2.24, 2.45) is 0 Å². The number of aromatic nitrogens is 2. The van der Waals surface area contributed by atoms with Crippen LogP contribution in [0.4, 0.5) is 5.69 Å². The second-order valence-corrected chi connectivity index (χ2v) is 17.0. The summed E-state index contributed by atoms with van der Waals surface area (Å²) >= 11 is 0. The molecule has 2 aromatic heterocycles. The summed E-state index contributed by atoms with van der Waals surface area (Å²) in [4.78, 5) is 4.73. The van der Waals surface area contributed by atoms with E-state index >= 15 is 0 Å². The summed E-state index contributed by atoms with van der Waals surface area (Å²) in [5.41, 5.74) is 1.76. The summed E-state index contributed by atoms with van der Waals surface area (Å²) in [7, 11) is -3.61. The van der Waals surface area contributed by atoms with E-state index in [4.69, 9.17) is 14.2 Å². The molecule has 0 saturated carbocycles. The van der Waals surface area contributed by atoms with Crippen LogP contribution in [0.3, 0.4) is 0 Å². The number of methoxy groups -OCH3 is 1. The largest absolute Gasteiger partial charge is 0.473 e. The number of hydrogen-bond acceptors (Lipinski definition) is 7. The van der Waals surface area contributed by atoms with Crippen molar-refractivity contribution in [2.75, 3.05) is 31.7 Å². The molecule has 0 saturated heterocycles. The van der Waals surface area contributed by atoms with Crippen LogP contribution in [-0.2, 0) is 26.2 Å². The van der Waals surface area contributed by atoms with Gasteiger partial charge in [0.1, 0.15) is 30.8 Å². The molecule has 3 aromatic rings. The molecule has 2 heterocycles. The van der Waals surface area contributed by atoms with Gasteiger partial charge in [-0.15, -0.1) is 0 Å². The van der Waals surface area contributed by atoms with E-state index in [1.165, 1.54) is 7.11 Å². The molecule has 3 rings (SSSR count). The van der Waals surface area contributed by atoms with Gasteiger partial charge in [-0.25, -0.2) is 8.42 Å². The van der Waals surface area contributed by atoms with Gasteiger partial charge in [0.2, 0.25) is 5.88 Å². The molecule has 2 N–H and O–H groups in total. The summed E-state index contributed by atoms with van der Waals surface area (Å²) in [6.07, 6.45) is 1.27. The number of anilines is 1. The third kappa shape index (κ3) is 7.52. The SMILES string of the molecule is COC(CO)COc1nc2c(ccn2COCC[Si](C)(C)C)cc1NS(=O)(=O)c1ccc(C)cc1. The van der Waals surface area contributed by atoms with E-state index in [2.05, 4.69) is 29.3 Å². The van der Waals surface area contributed by atoms with Crippen LogP contribution < -0.4 is 9.46 Å². The van der Waals surface area contributed by atoms with Gasteiger partial charge in [-0.05, 0) is 37.2 Å². The average molecular weight is 522 g/mol. The maximum atomic E-state index is 13.0. The summed E-state index contributed by atoms with van der Waals surface area (Å²) < 4.78 is 47.4. The van der Waals surface area contributed by atoms with Crippen LogP contribution in [0.25, 0.3) is 11.0 Å². The second-order valence-electron chi connectivity index (χ2n) is 9.66. The molecule has 11 heteroatoms. The van der Waals surface area contributed by atoms with Crippen molar-refractivity contribution in [1.82, 2.24) is 9.55 Å². The lowest BCUT2D eigenvalue weighted by Crippen LogP contribution is -2.25. The van der Waals surface area contributed by atoms with Gasteiger partial charge in [-0.2, -0.15) is 4.98 Å². The van der Waals surface area contributed by atoms with Gasteiger partial charge in [-0.3, -0.25) is 4.72 Å². The lowest BCUT2D eigenvalue weighted by molar-refractivity contribution is 0.0155. The van der Waals surface area contributed by atoms with Gasteiger partial charge < -0.3 is 23.9 Å². The maximum absolute atomic E-state index is 13.0. The Bertz CT molecular complexity index is 1220. The van der Waals surface area contributed by atoms with E-state index in [1.807, 2.05) is 23.8 Å². The molecule has 0 radical (unpaired) electrons. The van der Waals surface area contributed by atoms with Crippen molar-refractivity contribution in [3.05, 3.63) is 48.2 Å². The number of nitrogens with one attached hydrogen (secondary N) is 1. The number of ether oxygens (including phenoxy) is 3. The first-order chi connectivity index (χ1) is 16.5. The molecule has 0 aliphatic heterocycles. The number of nitrogens with zero attached hydrogens (tertiary/aromatic N) is 2. The summed E-state index contributed by atoms with van der Waals surface area (Å²) in [5.74, 6) is 0.0886. The van der Waals surface area contributed by atoms with Crippen molar-refractivity contribution in [1.29, 1.82) is 0 Å². The zero-order chi connectivity index (χ0) is 25.6. The summed E-state index contributed by atoms with van der Waals surface area (Å²) in [6, 6.07) is 11.2. The van der Waals surface area contributed by atoms with E-state index in [0.717, 1.165) is 17.0 Å². The fraction of sp³-hybridized carbons (Fsp3) is 0.458. The van der Waals surface area contributed by atoms with Gasteiger partial charge in [0.05, 0.1) is 11.5 Å². The number of fused-ring (bicyclic) bond motifs is 1. The van der Waals surface area contributed by atoms with Crippen LogP contribution in [0.2, 0.25) is 25.7 Å². The number of rotatable bonds is 13. The first-order valence-electron chi connectivity index (χ1n) is 11.5. The molecule has 192 valence electrons. The van der Waals surface area contributed by atoms with Gasteiger partial charge in [-0.1, -0.05) is 37.3 Å². The highest BCUT2D eigenvalue weighted by molar-refractivity contribution is 7.92. The smallest absolute Gasteiger partial charge is 0.262 e. The fourth-order valence-corrected chi connectivity index (χ4v) is 5.02. The quantitative estimate of drug-likeness (QED) is 0.260. The highest BCUT2D eigenvalue weighted by atomic mass is 32.2. The molecule has 0 fully saturated rings. The van der Waals surface area contributed by atoms with Gasteiger partial charge in [0.25, 0.3) is 10.0 Å². The maximum Gasteiger partial charge on any atom is 0.262 e. The molecule has 1 unspecified atom stereocenters. The van der Waals surface area contributed by atoms with E-state index in [0.29, 0.717) is 19.0 Å². The summed E-state index contributed by atoms with van der Waals surface area (Å²) in [5, 5.41) is 10.2. The molecule has 0 aliphatic carbocycles.